The van der Waals surface area contributed by atoms with Gasteiger partial charge in [-0.2, -0.15) is 10.4 Å². The molecule has 1 atom stereocenters. The first-order valence-electron chi connectivity index (χ1n) is 7.59. The number of amides is 1. The summed E-state index contributed by atoms with van der Waals surface area (Å²) in [6.07, 6.45) is 1.65. The fraction of sp³-hybridized carbons (Fsp3) is 0.438. The maximum Gasteiger partial charge on any atom is 0.238 e. The molecule has 0 radical (unpaired) electrons. The zero-order valence-corrected chi connectivity index (χ0v) is 15.2. The highest BCUT2D eigenvalue weighted by molar-refractivity contribution is 8.00. The molecule has 1 unspecified atom stereocenters. The second-order valence-electron chi connectivity index (χ2n) is 5.65. The largest absolute Gasteiger partial charge is 0.310 e. The Morgan fingerprint density at radius 3 is 2.67 bits per heavy atom. The summed E-state index contributed by atoms with van der Waals surface area (Å²) in [4.78, 5) is 21.0. The third kappa shape index (κ3) is 3.92. The normalized spacial score (nSPS) is 12.0. The van der Waals surface area contributed by atoms with Crippen molar-refractivity contribution < 1.29 is 4.79 Å². The van der Waals surface area contributed by atoms with E-state index in [1.807, 2.05) is 13.8 Å². The van der Waals surface area contributed by atoms with E-state index in [0.29, 0.717) is 27.9 Å². The van der Waals surface area contributed by atoms with Crippen LogP contribution in [-0.4, -0.2) is 30.9 Å². The number of anilines is 1. The summed E-state index contributed by atoms with van der Waals surface area (Å²) in [6.45, 7) is 9.30. The molecule has 0 aromatic carbocycles. The highest BCUT2D eigenvalue weighted by Gasteiger charge is 2.20. The molecule has 7 nitrogen and oxygen atoms in total. The number of nitrogens with one attached hydrogen (secondary N) is 1. The first-order valence-corrected chi connectivity index (χ1v) is 8.47. The zero-order chi connectivity index (χ0) is 17.9. The van der Waals surface area contributed by atoms with Gasteiger partial charge >= 0.3 is 0 Å². The number of nitriles is 1. The third-order valence-electron chi connectivity index (χ3n) is 3.35. The molecular weight excluding hydrogens is 324 g/mol. The van der Waals surface area contributed by atoms with Gasteiger partial charge in [0.25, 0.3) is 0 Å². The summed E-state index contributed by atoms with van der Waals surface area (Å²) < 4.78 is 1.75. The Balaban J connectivity index is 2.15. The Morgan fingerprint density at radius 1 is 1.33 bits per heavy atom. The SMILES string of the molecule is Cc1nc(C)c(C#N)c(SC(C)C(=O)Nc2ccnn2C(C)C)n1. The lowest BCUT2D eigenvalue weighted by Gasteiger charge is -2.15. The maximum atomic E-state index is 12.5. The number of hydrogen-bond donors (Lipinski definition) is 1. The number of thioether (sulfide) groups is 1. The summed E-state index contributed by atoms with van der Waals surface area (Å²) in [5.74, 6) is 1.07. The highest BCUT2D eigenvalue weighted by Crippen LogP contribution is 2.27. The van der Waals surface area contributed by atoms with Gasteiger partial charge in [-0.1, -0.05) is 11.8 Å². The van der Waals surface area contributed by atoms with Crippen LogP contribution in [0.5, 0.6) is 0 Å². The lowest BCUT2D eigenvalue weighted by molar-refractivity contribution is -0.115. The van der Waals surface area contributed by atoms with E-state index in [9.17, 15) is 10.1 Å². The van der Waals surface area contributed by atoms with Crippen molar-refractivity contribution in [1.29, 1.82) is 5.26 Å². The van der Waals surface area contributed by atoms with E-state index >= 15 is 0 Å². The summed E-state index contributed by atoms with van der Waals surface area (Å²) in [7, 11) is 0. The van der Waals surface area contributed by atoms with Crippen molar-refractivity contribution in [3.63, 3.8) is 0 Å². The maximum absolute atomic E-state index is 12.5. The minimum Gasteiger partial charge on any atom is -0.310 e. The van der Waals surface area contributed by atoms with Crippen LogP contribution in [0.15, 0.2) is 17.3 Å². The van der Waals surface area contributed by atoms with Crippen molar-refractivity contribution in [2.24, 2.45) is 0 Å². The van der Waals surface area contributed by atoms with Gasteiger partial charge in [-0.3, -0.25) is 4.79 Å². The Hall–Kier alpha value is -2.40. The fourth-order valence-corrected chi connectivity index (χ4v) is 3.17. The Labute approximate surface area is 145 Å². The quantitative estimate of drug-likeness (QED) is 0.662. The molecule has 2 heterocycles. The van der Waals surface area contributed by atoms with Crippen molar-refractivity contribution in [2.45, 2.75) is 50.9 Å². The topological polar surface area (TPSA) is 96.5 Å². The van der Waals surface area contributed by atoms with E-state index < -0.39 is 5.25 Å². The lowest BCUT2D eigenvalue weighted by atomic mass is 10.3. The Morgan fingerprint density at radius 2 is 2.04 bits per heavy atom. The number of hydrogen-bond acceptors (Lipinski definition) is 6. The molecule has 0 aliphatic carbocycles. The van der Waals surface area contributed by atoms with Crippen LogP contribution < -0.4 is 5.32 Å². The predicted octanol–water partition coefficient (Wildman–Crippen LogP) is 2.86. The van der Waals surface area contributed by atoms with Crippen molar-refractivity contribution in [1.82, 2.24) is 19.7 Å². The molecule has 2 rings (SSSR count). The first-order chi connectivity index (χ1) is 11.3. The van der Waals surface area contributed by atoms with Gasteiger partial charge in [0.1, 0.15) is 28.3 Å². The average Bonchev–Trinajstić information content (AvgIpc) is 2.95. The predicted molar refractivity (Wildman–Crippen MR) is 92.8 cm³/mol. The van der Waals surface area contributed by atoms with Crippen molar-refractivity contribution in [2.75, 3.05) is 5.32 Å². The second-order valence-corrected chi connectivity index (χ2v) is 6.98. The van der Waals surface area contributed by atoms with E-state index in [1.54, 1.807) is 37.7 Å². The molecular formula is C16H20N6OS. The standard InChI is InChI=1S/C16H20N6OS/c1-9(2)22-14(6-7-18-22)21-15(23)11(4)24-16-13(8-17)10(3)19-12(5)20-16/h6-7,9,11H,1-5H3,(H,21,23). The molecule has 1 N–H and O–H groups in total. The van der Waals surface area contributed by atoms with Crippen LogP contribution in [-0.2, 0) is 4.79 Å². The third-order valence-corrected chi connectivity index (χ3v) is 4.43. The molecule has 2 aromatic heterocycles. The van der Waals surface area contributed by atoms with E-state index in [4.69, 9.17) is 0 Å². The van der Waals surface area contributed by atoms with Crippen LogP contribution in [0.4, 0.5) is 5.82 Å². The summed E-state index contributed by atoms with van der Waals surface area (Å²) >= 11 is 1.25. The first kappa shape index (κ1) is 17.9. The van der Waals surface area contributed by atoms with Gasteiger partial charge in [0, 0.05) is 12.1 Å². The smallest absolute Gasteiger partial charge is 0.238 e. The second kappa shape index (κ2) is 7.45. The molecule has 24 heavy (non-hydrogen) atoms. The van der Waals surface area contributed by atoms with Gasteiger partial charge in [-0.05, 0) is 34.6 Å². The molecule has 0 bridgehead atoms. The van der Waals surface area contributed by atoms with Crippen molar-refractivity contribution in [3.05, 3.63) is 29.3 Å². The number of nitrogens with zero attached hydrogens (tertiary/aromatic N) is 5. The molecule has 0 saturated carbocycles. The minimum atomic E-state index is -0.415. The van der Waals surface area contributed by atoms with Gasteiger partial charge in [-0.15, -0.1) is 0 Å². The zero-order valence-electron chi connectivity index (χ0n) is 14.4. The monoisotopic (exact) mass is 344 g/mol. The van der Waals surface area contributed by atoms with Gasteiger partial charge < -0.3 is 5.32 Å². The Kier molecular flexibility index (Phi) is 5.57. The fourth-order valence-electron chi connectivity index (χ4n) is 2.17. The summed E-state index contributed by atoms with van der Waals surface area (Å²) in [5, 5.41) is 16.5. The van der Waals surface area contributed by atoms with E-state index in [-0.39, 0.29) is 11.9 Å². The molecule has 0 spiro atoms. The van der Waals surface area contributed by atoms with Crippen molar-refractivity contribution >= 4 is 23.5 Å². The van der Waals surface area contributed by atoms with Gasteiger partial charge in [0.05, 0.1) is 17.1 Å². The van der Waals surface area contributed by atoms with Gasteiger partial charge in [0.15, 0.2) is 0 Å². The number of aromatic nitrogens is 4. The number of aryl methyl sites for hydroxylation is 2. The van der Waals surface area contributed by atoms with Gasteiger partial charge in [-0.25, -0.2) is 14.6 Å². The Bertz CT molecular complexity index is 792. The van der Waals surface area contributed by atoms with E-state index in [0.717, 1.165) is 0 Å². The van der Waals surface area contributed by atoms with Crippen LogP contribution >= 0.6 is 11.8 Å². The van der Waals surface area contributed by atoms with E-state index in [2.05, 4.69) is 26.5 Å². The molecule has 8 heteroatoms. The van der Waals surface area contributed by atoms with E-state index in [1.165, 1.54) is 11.8 Å². The minimum absolute atomic E-state index is 0.149. The molecule has 0 aliphatic heterocycles. The number of carbonyl (C=O) groups excluding carboxylic acids is 1. The number of carbonyl (C=O) groups is 1. The van der Waals surface area contributed by atoms with Crippen LogP contribution in [0.3, 0.4) is 0 Å². The van der Waals surface area contributed by atoms with Crippen LogP contribution in [0, 0.1) is 25.2 Å². The van der Waals surface area contributed by atoms with Crippen LogP contribution in [0.2, 0.25) is 0 Å². The summed E-state index contributed by atoms with van der Waals surface area (Å²) in [6, 6.07) is 4.02. The number of rotatable bonds is 5. The molecule has 126 valence electrons. The van der Waals surface area contributed by atoms with Crippen molar-refractivity contribution in [3.8, 4) is 6.07 Å². The highest BCUT2D eigenvalue weighted by atomic mass is 32.2. The molecule has 0 aliphatic rings. The molecule has 0 saturated heterocycles. The lowest BCUT2D eigenvalue weighted by Crippen LogP contribution is -2.25. The van der Waals surface area contributed by atoms with Crippen LogP contribution in [0.25, 0.3) is 0 Å². The van der Waals surface area contributed by atoms with Gasteiger partial charge in [0.2, 0.25) is 5.91 Å². The summed E-state index contributed by atoms with van der Waals surface area (Å²) in [5.41, 5.74) is 1.04. The average molecular weight is 344 g/mol. The molecule has 1 amide bonds. The molecule has 2 aromatic rings. The molecule has 0 fully saturated rings. The van der Waals surface area contributed by atoms with Crippen LogP contribution in [0.1, 0.15) is 43.9 Å².